The summed E-state index contributed by atoms with van der Waals surface area (Å²) >= 11 is 1.79. The molecule has 1 aromatic heterocycles. The first-order chi connectivity index (χ1) is 33.7. The van der Waals surface area contributed by atoms with Gasteiger partial charge in [0.05, 0.1) is 53.7 Å². The fourth-order valence-corrected chi connectivity index (χ4v) is 11.1. The number of hydrogen-bond donors (Lipinski definition) is 7. The fraction of sp³-hybridized carbons (Fsp3) is 0.745. The Morgan fingerprint density at radius 1 is 0.944 bits per heavy atom. The second kappa shape index (κ2) is 25.2. The number of benzene rings is 1. The smallest absolute Gasteiger partial charge is 0.312 e. The van der Waals surface area contributed by atoms with Gasteiger partial charge in [0.1, 0.15) is 24.5 Å². The van der Waals surface area contributed by atoms with E-state index in [1.54, 1.807) is 94.1 Å². The number of carbonyl (C=O) groups excluding carboxylic acids is 2. The van der Waals surface area contributed by atoms with Crippen molar-refractivity contribution >= 4 is 46.1 Å². The van der Waals surface area contributed by atoms with Gasteiger partial charge >= 0.3 is 5.97 Å². The normalized spacial score (nSPS) is 38.4. The molecule has 0 unspecified atom stereocenters. The highest BCUT2D eigenvalue weighted by Gasteiger charge is 2.53. The van der Waals surface area contributed by atoms with E-state index in [2.05, 4.69) is 15.3 Å². The van der Waals surface area contributed by atoms with Crippen LogP contribution in [-0.2, 0) is 42.7 Å². The zero-order chi connectivity index (χ0) is 53.6. The number of methoxy groups -OCH3 is 2. The molecule has 1 amide bonds. The first-order valence-corrected chi connectivity index (χ1v) is 26.1. The molecular weight excluding hydrogens is 1050 g/mol. The molecule has 0 bridgehead atoms. The molecule has 1 aromatic carbocycles. The van der Waals surface area contributed by atoms with Crippen molar-refractivity contribution < 1.29 is 67.6 Å². The number of nitrogens with two attached hydrogens (primary N) is 1. The van der Waals surface area contributed by atoms with Crippen LogP contribution in [0.2, 0.25) is 0 Å². The lowest BCUT2D eigenvalue weighted by Gasteiger charge is -2.49. The third kappa shape index (κ3) is 14.0. The van der Waals surface area contributed by atoms with E-state index in [1.165, 1.54) is 14.0 Å². The predicted octanol–water partition coefficient (Wildman–Crippen LogP) is 4.89. The maximum atomic E-state index is 14.4. The molecule has 3 fully saturated rings. The summed E-state index contributed by atoms with van der Waals surface area (Å²) in [5.74, 6) is -4.12. The van der Waals surface area contributed by atoms with Gasteiger partial charge in [-0.3, -0.25) is 9.59 Å². The highest BCUT2D eigenvalue weighted by atomic mass is 127. The molecule has 0 radical (unpaired) electrons. The van der Waals surface area contributed by atoms with Crippen LogP contribution in [0.15, 0.2) is 36.7 Å². The van der Waals surface area contributed by atoms with Crippen molar-refractivity contribution in [3.8, 4) is 11.1 Å². The molecule has 8 N–H and O–H groups in total. The summed E-state index contributed by atoms with van der Waals surface area (Å²) in [5.41, 5.74) is 3.45. The number of nitrogen functional groups attached to an aromatic ring is 1. The Morgan fingerprint density at radius 2 is 1.57 bits per heavy atom. The summed E-state index contributed by atoms with van der Waals surface area (Å²) in [5, 5.41) is 57.3. The minimum Gasteiger partial charge on any atom is -0.448 e. The summed E-state index contributed by atoms with van der Waals surface area (Å²) in [6.45, 7) is 15.0. The number of alkyl halides is 2. The lowest BCUT2D eigenvalue weighted by molar-refractivity contribution is -0.309. The quantitative estimate of drug-likeness (QED) is 0.0711. The van der Waals surface area contributed by atoms with E-state index in [0.717, 1.165) is 5.56 Å². The summed E-state index contributed by atoms with van der Waals surface area (Å²) in [7, 11) is 4.93. The van der Waals surface area contributed by atoms with Gasteiger partial charge in [-0.05, 0) is 101 Å². The number of aliphatic hydroxyl groups is 4. The number of aliphatic hydroxyl groups excluding tert-OH is 3. The Balaban J connectivity index is 1.38. The number of amides is 1. The van der Waals surface area contributed by atoms with Crippen LogP contribution in [0, 0.1) is 29.1 Å². The summed E-state index contributed by atoms with van der Waals surface area (Å²) in [6, 6.07) is 5.47. The van der Waals surface area contributed by atoms with Crippen LogP contribution in [0.5, 0.6) is 0 Å². The van der Waals surface area contributed by atoms with E-state index in [4.69, 9.17) is 38.9 Å². The minimum atomic E-state index is -1.95. The summed E-state index contributed by atoms with van der Waals surface area (Å²) in [4.78, 5) is 37.7. The van der Waals surface area contributed by atoms with Gasteiger partial charge in [0.2, 0.25) is 11.9 Å². The first-order valence-electron chi connectivity index (χ1n) is 24.8. The van der Waals surface area contributed by atoms with Gasteiger partial charge in [-0.1, -0.05) is 45.0 Å². The van der Waals surface area contributed by atoms with Crippen LogP contribution >= 0.6 is 22.6 Å². The van der Waals surface area contributed by atoms with E-state index < -0.39 is 118 Å². The van der Waals surface area contributed by atoms with Crippen LogP contribution in [0.25, 0.3) is 11.1 Å². The Morgan fingerprint density at radius 3 is 2.17 bits per heavy atom. The van der Waals surface area contributed by atoms with Crippen molar-refractivity contribution in [2.24, 2.45) is 23.7 Å². The van der Waals surface area contributed by atoms with Crippen LogP contribution in [0.1, 0.15) is 106 Å². The Hall–Kier alpha value is -3.07. The van der Waals surface area contributed by atoms with E-state index in [1.807, 2.05) is 39.6 Å². The molecule has 5 rings (SSSR count). The summed E-state index contributed by atoms with van der Waals surface area (Å²) < 4.78 is 58.0. The van der Waals surface area contributed by atoms with Gasteiger partial charge in [0.25, 0.3) is 0 Å². The molecule has 72 heavy (non-hydrogen) atoms. The number of carbonyl (C=O) groups is 2. The number of nitrogens with one attached hydrogen (secondary N) is 2. The molecule has 3 saturated heterocycles. The van der Waals surface area contributed by atoms with E-state index in [-0.39, 0.29) is 49.6 Å². The number of anilines is 1. The second-order valence-electron chi connectivity index (χ2n) is 21.0. The molecule has 19 atom stereocenters. The molecular formula is C51H80FIN6O13. The Kier molecular flexibility index (Phi) is 20.9. The van der Waals surface area contributed by atoms with Crippen molar-refractivity contribution in [1.29, 1.82) is 5.41 Å². The van der Waals surface area contributed by atoms with Crippen molar-refractivity contribution in [2.75, 3.05) is 40.2 Å². The SMILES string of the molecule is CO[C@]1(C)C[C@@H](C)C(=N)[C@H](C)[C@@H](O)[C@](C)(O)[C@@H](I)OC(=O)[C@H](C)[C@@H](O[C@H]2C[C@@](C)(OC)[C@@H](O)[C@H](C)O2)[C@H](C)[C@H]1O[C@H]1C[C@@H](N(C)CCC(=O)N[C@H](CF)[C@H](O)c2ccc(-c3cnc(N)nc3)cc2)C[C@@H](C)O1. The maximum Gasteiger partial charge on any atom is 0.312 e. The molecule has 0 saturated carbocycles. The van der Waals surface area contributed by atoms with Gasteiger partial charge in [-0.15, -0.1) is 0 Å². The largest absolute Gasteiger partial charge is 0.448 e. The number of rotatable bonds is 15. The molecule has 3 aliphatic heterocycles. The molecule has 406 valence electrons. The van der Waals surface area contributed by atoms with Crippen LogP contribution in [0.4, 0.5) is 10.3 Å². The molecule has 4 heterocycles. The third-order valence-corrected chi connectivity index (χ3v) is 16.9. The number of nitrogens with zero attached hydrogens (tertiary/aromatic N) is 3. The van der Waals surface area contributed by atoms with E-state index in [0.29, 0.717) is 24.0 Å². The molecule has 19 nitrogen and oxygen atoms in total. The van der Waals surface area contributed by atoms with Crippen molar-refractivity contribution in [2.45, 2.75) is 183 Å². The number of esters is 1. The van der Waals surface area contributed by atoms with Crippen LogP contribution in [-0.4, -0.2) is 170 Å². The van der Waals surface area contributed by atoms with Gasteiger partial charge in [0, 0.05) is 81.6 Å². The van der Waals surface area contributed by atoms with Gasteiger partial charge in [0.15, 0.2) is 16.7 Å². The average Bonchev–Trinajstić information content (AvgIpc) is 3.35. The first kappa shape index (κ1) is 59.8. The van der Waals surface area contributed by atoms with Crippen molar-refractivity contribution in [3.05, 3.63) is 42.2 Å². The fourth-order valence-electron chi connectivity index (χ4n) is 10.4. The van der Waals surface area contributed by atoms with Gasteiger partial charge in [-0.25, -0.2) is 14.4 Å². The standard InChI is InChI=1S/C51H80FIN6O13/c1-26-21-50(8,67-12)45(29(4)42(70-39-22-49(7,66-11)44(63)31(6)69-39)30(5)46(64)72-47(53)51(9,65)43(62)28(3)40(26)54)71-38-20-35(19-27(2)68-38)59(10)18-17-37(60)58-36(23-52)41(61)33-15-13-32(14-16-33)34-24-56-48(55)57-25-34/h13-16,24-31,35-36,38-39,41-45,47,54,61-63,65H,17-23H2,1-12H3,(H,58,60)(H2,55,56,57)/t26-,27-,28+,29+,30-,31+,35+,36-,38+,39+,41-,42+,43-,44+,45-,47+,49-,50-,51+/m1/s1. The molecule has 0 aliphatic carbocycles. The number of halogens is 2. The molecule has 2 aromatic rings. The highest BCUT2D eigenvalue weighted by Crippen LogP contribution is 2.42. The number of aromatic nitrogens is 2. The Labute approximate surface area is 437 Å². The lowest BCUT2D eigenvalue weighted by Crippen LogP contribution is -2.60. The minimum absolute atomic E-state index is 0.00689. The van der Waals surface area contributed by atoms with Crippen molar-refractivity contribution in [3.63, 3.8) is 0 Å². The molecule has 3 aliphatic rings. The van der Waals surface area contributed by atoms with Gasteiger partial charge in [-0.2, -0.15) is 0 Å². The van der Waals surface area contributed by atoms with Crippen molar-refractivity contribution in [1.82, 2.24) is 20.2 Å². The maximum absolute atomic E-state index is 14.4. The van der Waals surface area contributed by atoms with Gasteiger partial charge < -0.3 is 74.9 Å². The predicted molar refractivity (Wildman–Crippen MR) is 274 cm³/mol. The second-order valence-corrected chi connectivity index (χ2v) is 22.1. The zero-order valence-corrected chi connectivity index (χ0v) is 45.9. The van der Waals surface area contributed by atoms with Crippen LogP contribution < -0.4 is 11.1 Å². The van der Waals surface area contributed by atoms with E-state index >= 15 is 0 Å². The number of hydrogen-bond acceptors (Lipinski definition) is 18. The van der Waals surface area contributed by atoms with Crippen LogP contribution in [0.3, 0.4) is 0 Å². The number of cyclic esters (lactones) is 1. The zero-order valence-electron chi connectivity index (χ0n) is 43.8. The average molecular weight is 1130 g/mol. The monoisotopic (exact) mass is 1130 g/mol. The van der Waals surface area contributed by atoms with E-state index in [9.17, 15) is 39.8 Å². The summed E-state index contributed by atoms with van der Waals surface area (Å²) in [6.07, 6.45) is -4.11. The molecule has 0 spiro atoms. The molecule has 21 heteroatoms. The highest BCUT2D eigenvalue weighted by molar-refractivity contribution is 14.1. The topological polar surface area (TPSA) is 271 Å². The Bertz CT molecular complexity index is 2100. The lowest BCUT2D eigenvalue weighted by atomic mass is 9.74. The third-order valence-electron chi connectivity index (χ3n) is 15.4. The number of ether oxygens (including phenoxy) is 7.